The number of carbonyl (C=O) groups excluding carboxylic acids is 2. The molecule has 4 heteroatoms. The zero-order valence-electron chi connectivity index (χ0n) is 10.2. The second-order valence-corrected chi connectivity index (χ2v) is 4.01. The molecule has 0 N–H and O–H groups in total. The van der Waals surface area contributed by atoms with Gasteiger partial charge >= 0.3 is 5.97 Å². The van der Waals surface area contributed by atoms with E-state index in [0.717, 1.165) is 5.56 Å². The van der Waals surface area contributed by atoms with Crippen molar-refractivity contribution < 1.29 is 14.3 Å². The maximum atomic E-state index is 12.0. The number of aliphatic imine (C=N–C) groups is 1. The second-order valence-electron chi connectivity index (χ2n) is 4.01. The highest BCUT2D eigenvalue weighted by Crippen LogP contribution is 2.23. The van der Waals surface area contributed by atoms with Crippen LogP contribution in [0.1, 0.15) is 12.5 Å². The normalized spacial score (nSPS) is 21.0. The summed E-state index contributed by atoms with van der Waals surface area (Å²) in [5.41, 5.74) is 1.66. The molecule has 1 atom stereocenters. The van der Waals surface area contributed by atoms with E-state index in [4.69, 9.17) is 0 Å². The highest BCUT2D eigenvalue weighted by atomic mass is 16.5. The predicted molar refractivity (Wildman–Crippen MR) is 68.0 cm³/mol. The largest absolute Gasteiger partial charge is 0.468 e. The first-order valence-corrected chi connectivity index (χ1v) is 5.57. The summed E-state index contributed by atoms with van der Waals surface area (Å²) in [5, 5.41) is 0. The number of esters is 1. The van der Waals surface area contributed by atoms with E-state index in [1.54, 1.807) is 13.0 Å². The molecule has 0 spiro atoms. The Bertz CT molecular complexity index is 543. The third kappa shape index (κ3) is 2.22. The molecular weight excluding hydrogens is 230 g/mol. The highest BCUT2D eigenvalue weighted by Gasteiger charge is 2.37. The summed E-state index contributed by atoms with van der Waals surface area (Å²) in [6.45, 7) is 1.66. The van der Waals surface area contributed by atoms with Crippen molar-refractivity contribution in [2.75, 3.05) is 7.11 Å². The summed E-state index contributed by atoms with van der Waals surface area (Å²) in [7, 11) is 1.27. The van der Waals surface area contributed by atoms with Crippen LogP contribution in [-0.2, 0) is 14.3 Å². The summed E-state index contributed by atoms with van der Waals surface area (Å²) in [6.07, 6.45) is 1.68. The van der Waals surface area contributed by atoms with Gasteiger partial charge in [-0.1, -0.05) is 30.3 Å². The van der Waals surface area contributed by atoms with Gasteiger partial charge in [0, 0.05) is 5.71 Å². The molecule has 4 nitrogen and oxygen atoms in total. The average molecular weight is 243 g/mol. The molecule has 1 aromatic rings. The molecule has 2 rings (SSSR count). The Morgan fingerprint density at radius 1 is 1.33 bits per heavy atom. The smallest absolute Gasteiger partial charge is 0.322 e. The minimum absolute atomic E-state index is 0.300. The Labute approximate surface area is 105 Å². The lowest BCUT2D eigenvalue weighted by Gasteiger charge is -2.04. The summed E-state index contributed by atoms with van der Waals surface area (Å²) >= 11 is 0. The van der Waals surface area contributed by atoms with Crippen molar-refractivity contribution in [2.45, 2.75) is 6.92 Å². The molecule has 18 heavy (non-hydrogen) atoms. The summed E-state index contributed by atoms with van der Waals surface area (Å²) in [4.78, 5) is 27.7. The van der Waals surface area contributed by atoms with Crippen molar-refractivity contribution in [1.82, 2.24) is 0 Å². The van der Waals surface area contributed by atoms with Crippen LogP contribution in [0.5, 0.6) is 0 Å². The molecule has 0 aliphatic carbocycles. The van der Waals surface area contributed by atoms with Crippen LogP contribution in [0.3, 0.4) is 0 Å². The fraction of sp³-hybridized carbons (Fsp3) is 0.214. The van der Waals surface area contributed by atoms with Crippen LogP contribution in [-0.4, -0.2) is 24.6 Å². The van der Waals surface area contributed by atoms with Gasteiger partial charge in [-0.3, -0.25) is 14.6 Å². The van der Waals surface area contributed by atoms with E-state index < -0.39 is 11.9 Å². The molecular formula is C14H13NO3. The molecule has 1 heterocycles. The van der Waals surface area contributed by atoms with Gasteiger partial charge in [-0.2, -0.15) is 0 Å². The Morgan fingerprint density at radius 3 is 2.61 bits per heavy atom. The Hall–Kier alpha value is -2.23. The Balaban J connectivity index is 2.31. The van der Waals surface area contributed by atoms with E-state index in [9.17, 15) is 9.59 Å². The van der Waals surface area contributed by atoms with Crippen LogP contribution in [0.15, 0.2) is 41.0 Å². The van der Waals surface area contributed by atoms with Crippen LogP contribution in [0.25, 0.3) is 6.08 Å². The van der Waals surface area contributed by atoms with Crippen molar-refractivity contribution in [3.05, 3.63) is 41.6 Å². The maximum absolute atomic E-state index is 12.0. The zero-order chi connectivity index (χ0) is 13.1. The van der Waals surface area contributed by atoms with Crippen LogP contribution in [0.2, 0.25) is 0 Å². The van der Waals surface area contributed by atoms with Crippen molar-refractivity contribution in [3.8, 4) is 0 Å². The van der Waals surface area contributed by atoms with Crippen molar-refractivity contribution in [1.29, 1.82) is 0 Å². The van der Waals surface area contributed by atoms with Crippen LogP contribution < -0.4 is 0 Å². The second kappa shape index (κ2) is 4.96. The number of allylic oxidation sites excluding steroid dienone is 1. The monoisotopic (exact) mass is 243 g/mol. The quantitative estimate of drug-likeness (QED) is 0.452. The van der Waals surface area contributed by atoms with E-state index in [1.165, 1.54) is 7.11 Å². The molecule has 0 saturated carbocycles. The van der Waals surface area contributed by atoms with E-state index in [0.29, 0.717) is 11.4 Å². The number of hydrogen-bond acceptors (Lipinski definition) is 4. The first-order chi connectivity index (χ1) is 8.63. The van der Waals surface area contributed by atoms with E-state index in [2.05, 4.69) is 9.73 Å². The number of benzene rings is 1. The topological polar surface area (TPSA) is 55.7 Å². The molecule has 1 aliphatic rings. The number of rotatable bonds is 2. The van der Waals surface area contributed by atoms with Gasteiger partial charge in [0.15, 0.2) is 5.92 Å². The molecule has 1 aliphatic heterocycles. The molecule has 0 bridgehead atoms. The number of methoxy groups -OCH3 is 1. The van der Waals surface area contributed by atoms with Gasteiger partial charge in [-0.15, -0.1) is 0 Å². The number of Topliss-reactive ketones (excluding diaryl/α,β-unsaturated/α-hetero) is 1. The molecule has 92 valence electrons. The summed E-state index contributed by atoms with van der Waals surface area (Å²) < 4.78 is 4.61. The first-order valence-electron chi connectivity index (χ1n) is 5.57. The van der Waals surface area contributed by atoms with Crippen LogP contribution in [0, 0.1) is 5.92 Å². The number of ether oxygens (including phenoxy) is 1. The number of nitrogens with zero attached hydrogens (tertiary/aromatic N) is 1. The van der Waals surface area contributed by atoms with Gasteiger partial charge in [0.05, 0.1) is 7.11 Å². The number of carbonyl (C=O) groups is 2. The van der Waals surface area contributed by atoms with Gasteiger partial charge in [0.25, 0.3) is 0 Å². The molecule has 0 aromatic heterocycles. The molecule has 0 fully saturated rings. The molecule has 1 aromatic carbocycles. The van der Waals surface area contributed by atoms with E-state index in [-0.39, 0.29) is 5.78 Å². The summed E-state index contributed by atoms with van der Waals surface area (Å²) in [6, 6.07) is 9.39. The fourth-order valence-corrected chi connectivity index (χ4v) is 1.85. The third-order valence-corrected chi connectivity index (χ3v) is 2.77. The van der Waals surface area contributed by atoms with Crippen molar-refractivity contribution in [2.24, 2.45) is 10.9 Å². The SMILES string of the molecule is COC(=O)C1C(=O)/C(=C\c2ccccc2)N=C1C. The standard InChI is InChI=1S/C14H13NO3/c1-9-12(14(17)18-2)13(16)11(15-9)8-10-6-4-3-5-7-10/h3-8,12H,1-2H3/b11-8+. The van der Waals surface area contributed by atoms with Gasteiger partial charge in [0.2, 0.25) is 5.78 Å². The average Bonchev–Trinajstić information content (AvgIpc) is 2.65. The lowest BCUT2D eigenvalue weighted by Crippen LogP contribution is -2.27. The van der Waals surface area contributed by atoms with Crippen molar-refractivity contribution in [3.63, 3.8) is 0 Å². The number of ketones is 1. The van der Waals surface area contributed by atoms with Crippen LogP contribution in [0.4, 0.5) is 0 Å². The van der Waals surface area contributed by atoms with Gasteiger partial charge < -0.3 is 4.74 Å². The minimum atomic E-state index is -0.884. The van der Waals surface area contributed by atoms with Crippen LogP contribution >= 0.6 is 0 Å². The molecule has 0 amide bonds. The minimum Gasteiger partial charge on any atom is -0.468 e. The van der Waals surface area contributed by atoms with E-state index in [1.807, 2.05) is 30.3 Å². The highest BCUT2D eigenvalue weighted by molar-refractivity contribution is 6.28. The zero-order valence-corrected chi connectivity index (χ0v) is 10.2. The third-order valence-electron chi connectivity index (χ3n) is 2.77. The Kier molecular flexibility index (Phi) is 3.37. The lowest BCUT2D eigenvalue weighted by atomic mass is 10.0. The summed E-state index contributed by atoms with van der Waals surface area (Å²) in [5.74, 6) is -1.74. The Morgan fingerprint density at radius 2 is 2.00 bits per heavy atom. The van der Waals surface area contributed by atoms with Gasteiger partial charge in [-0.05, 0) is 18.6 Å². The number of hydrogen-bond donors (Lipinski definition) is 0. The predicted octanol–water partition coefficient (Wildman–Crippen LogP) is 1.86. The maximum Gasteiger partial charge on any atom is 0.322 e. The van der Waals surface area contributed by atoms with E-state index >= 15 is 0 Å². The molecule has 0 saturated heterocycles. The van der Waals surface area contributed by atoms with Crippen molar-refractivity contribution >= 4 is 23.5 Å². The van der Waals surface area contributed by atoms with Gasteiger partial charge in [0.1, 0.15) is 5.70 Å². The fourth-order valence-electron chi connectivity index (χ4n) is 1.85. The molecule has 1 unspecified atom stereocenters. The lowest BCUT2D eigenvalue weighted by molar-refractivity contribution is -0.145. The van der Waals surface area contributed by atoms with Gasteiger partial charge in [-0.25, -0.2) is 0 Å². The first kappa shape index (κ1) is 12.2. The molecule has 0 radical (unpaired) electrons.